The second-order valence-electron chi connectivity index (χ2n) is 7.68. The van der Waals surface area contributed by atoms with Crippen LogP contribution in [0.1, 0.15) is 54.7 Å². The van der Waals surface area contributed by atoms with Crippen molar-refractivity contribution >= 4 is 22.9 Å². The average Bonchev–Trinajstić information content (AvgIpc) is 3.44. The summed E-state index contributed by atoms with van der Waals surface area (Å²) in [6.07, 6.45) is 2.95. The zero-order chi connectivity index (χ0) is 21.8. The number of amides is 1. The molecule has 31 heavy (non-hydrogen) atoms. The first-order valence-electron chi connectivity index (χ1n) is 10.5. The standard InChI is InChI=1S/C24H26N4O2S/c1-3-17(2)18-9-11-19(12-10-18)23(20-7-6-16-31-20)25-22(29)13-15-28-24(30)27-14-5-4-8-21(27)26-28/h4-12,14,16-17,23H,3,13,15H2,1-2H3,(H,25,29). The molecule has 7 heteroatoms. The van der Waals surface area contributed by atoms with Crippen LogP contribution in [-0.4, -0.2) is 20.1 Å². The molecule has 0 aliphatic rings. The number of thiophene rings is 1. The minimum absolute atomic E-state index is 0.117. The Balaban J connectivity index is 1.48. The van der Waals surface area contributed by atoms with Gasteiger partial charge in [0.25, 0.3) is 0 Å². The molecule has 3 aromatic heterocycles. The highest BCUT2D eigenvalue weighted by Crippen LogP contribution is 2.28. The van der Waals surface area contributed by atoms with Gasteiger partial charge in [-0.3, -0.25) is 9.20 Å². The lowest BCUT2D eigenvalue weighted by atomic mass is 9.95. The van der Waals surface area contributed by atoms with Crippen LogP contribution in [0, 0.1) is 0 Å². The van der Waals surface area contributed by atoms with Gasteiger partial charge in [0.15, 0.2) is 5.65 Å². The van der Waals surface area contributed by atoms with Crippen molar-refractivity contribution in [3.63, 3.8) is 0 Å². The van der Waals surface area contributed by atoms with Crippen LogP contribution in [0.25, 0.3) is 5.65 Å². The summed E-state index contributed by atoms with van der Waals surface area (Å²) in [5.41, 5.74) is 2.69. The molecule has 0 radical (unpaired) electrons. The fourth-order valence-corrected chi connectivity index (χ4v) is 4.38. The largest absolute Gasteiger partial charge is 0.350 e. The van der Waals surface area contributed by atoms with E-state index in [9.17, 15) is 9.59 Å². The summed E-state index contributed by atoms with van der Waals surface area (Å²) in [4.78, 5) is 26.3. The van der Waals surface area contributed by atoms with E-state index in [1.165, 1.54) is 14.6 Å². The topological polar surface area (TPSA) is 68.4 Å². The van der Waals surface area contributed by atoms with Crippen molar-refractivity contribution in [1.29, 1.82) is 0 Å². The number of hydrogen-bond donors (Lipinski definition) is 1. The Labute approximate surface area is 185 Å². The Kier molecular flexibility index (Phi) is 6.32. The number of carbonyl (C=O) groups excluding carboxylic acids is 1. The van der Waals surface area contributed by atoms with Crippen LogP contribution in [0.2, 0.25) is 0 Å². The van der Waals surface area contributed by atoms with E-state index < -0.39 is 0 Å². The van der Waals surface area contributed by atoms with E-state index in [0.717, 1.165) is 16.9 Å². The molecule has 1 amide bonds. The summed E-state index contributed by atoms with van der Waals surface area (Å²) in [7, 11) is 0. The first kappa shape index (κ1) is 21.1. The molecule has 0 aliphatic carbocycles. The number of benzene rings is 1. The highest BCUT2D eigenvalue weighted by Gasteiger charge is 2.19. The summed E-state index contributed by atoms with van der Waals surface area (Å²) in [5.74, 6) is 0.390. The van der Waals surface area contributed by atoms with Crippen molar-refractivity contribution in [2.45, 2.75) is 45.2 Å². The fraction of sp³-hybridized carbons (Fsp3) is 0.292. The van der Waals surface area contributed by atoms with Crippen molar-refractivity contribution in [3.8, 4) is 0 Å². The van der Waals surface area contributed by atoms with E-state index in [0.29, 0.717) is 11.6 Å². The maximum absolute atomic E-state index is 12.8. The number of nitrogens with one attached hydrogen (secondary N) is 1. The summed E-state index contributed by atoms with van der Waals surface area (Å²) in [6.45, 7) is 4.63. The number of hydrogen-bond acceptors (Lipinski definition) is 4. The summed E-state index contributed by atoms with van der Waals surface area (Å²) in [5, 5.41) is 9.45. The molecule has 6 nitrogen and oxygen atoms in total. The van der Waals surface area contributed by atoms with Gasteiger partial charge in [-0.2, -0.15) is 0 Å². The molecule has 0 aliphatic heterocycles. The number of aromatic nitrogens is 3. The zero-order valence-corrected chi connectivity index (χ0v) is 18.5. The maximum atomic E-state index is 12.8. The number of carbonyl (C=O) groups is 1. The van der Waals surface area contributed by atoms with Gasteiger partial charge in [-0.1, -0.05) is 50.2 Å². The van der Waals surface area contributed by atoms with E-state index in [1.54, 1.807) is 29.7 Å². The molecule has 1 aromatic carbocycles. The van der Waals surface area contributed by atoms with Crippen molar-refractivity contribution in [3.05, 3.63) is 92.7 Å². The Morgan fingerprint density at radius 1 is 1.10 bits per heavy atom. The highest BCUT2D eigenvalue weighted by atomic mass is 32.1. The molecule has 4 aromatic rings. The fourth-order valence-electron chi connectivity index (χ4n) is 3.58. The van der Waals surface area contributed by atoms with Gasteiger partial charge in [0.1, 0.15) is 0 Å². The smallest absolute Gasteiger partial charge is 0.344 e. The van der Waals surface area contributed by atoms with Gasteiger partial charge in [-0.05, 0) is 47.0 Å². The van der Waals surface area contributed by atoms with Crippen LogP contribution in [-0.2, 0) is 11.3 Å². The molecule has 3 heterocycles. The Morgan fingerprint density at radius 2 is 1.87 bits per heavy atom. The third-order valence-electron chi connectivity index (χ3n) is 5.62. The van der Waals surface area contributed by atoms with Crippen LogP contribution >= 0.6 is 11.3 Å². The third kappa shape index (κ3) is 4.61. The van der Waals surface area contributed by atoms with Crippen LogP contribution in [0.5, 0.6) is 0 Å². The van der Waals surface area contributed by atoms with Crippen molar-refractivity contribution in [2.75, 3.05) is 0 Å². The number of aryl methyl sites for hydroxylation is 1. The monoisotopic (exact) mass is 434 g/mol. The van der Waals surface area contributed by atoms with Crippen LogP contribution in [0.4, 0.5) is 0 Å². The lowest BCUT2D eigenvalue weighted by molar-refractivity contribution is -0.121. The quantitative estimate of drug-likeness (QED) is 0.448. The molecular weight excluding hydrogens is 408 g/mol. The molecule has 0 bridgehead atoms. The van der Waals surface area contributed by atoms with Crippen molar-refractivity contribution in [2.24, 2.45) is 0 Å². The SMILES string of the molecule is CCC(C)c1ccc(C(NC(=O)CCn2nc3ccccn3c2=O)c2cccs2)cc1. The normalized spacial score (nSPS) is 13.2. The van der Waals surface area contributed by atoms with Gasteiger partial charge in [0.2, 0.25) is 5.91 Å². The highest BCUT2D eigenvalue weighted by molar-refractivity contribution is 7.10. The molecular formula is C24H26N4O2S. The average molecular weight is 435 g/mol. The predicted octanol–water partition coefficient (Wildman–Crippen LogP) is 4.37. The Hall–Kier alpha value is -3.19. The van der Waals surface area contributed by atoms with Gasteiger partial charge in [0, 0.05) is 17.5 Å². The number of pyridine rings is 1. The molecule has 0 saturated carbocycles. The molecule has 0 saturated heterocycles. The minimum atomic E-state index is -0.237. The second-order valence-corrected chi connectivity index (χ2v) is 8.66. The number of fused-ring (bicyclic) bond motifs is 1. The summed E-state index contributed by atoms with van der Waals surface area (Å²) < 4.78 is 2.82. The minimum Gasteiger partial charge on any atom is -0.344 e. The van der Waals surface area contributed by atoms with Crippen LogP contribution in [0.15, 0.2) is 71.0 Å². The van der Waals surface area contributed by atoms with E-state index in [4.69, 9.17) is 0 Å². The van der Waals surface area contributed by atoms with Crippen molar-refractivity contribution < 1.29 is 4.79 Å². The first-order chi connectivity index (χ1) is 15.1. The molecule has 2 unspecified atom stereocenters. The summed E-state index contributed by atoms with van der Waals surface area (Å²) in [6, 6.07) is 17.7. The van der Waals surface area contributed by atoms with E-state index in [-0.39, 0.29) is 30.6 Å². The van der Waals surface area contributed by atoms with Gasteiger partial charge in [0.05, 0.1) is 12.6 Å². The number of rotatable bonds is 8. The predicted molar refractivity (Wildman–Crippen MR) is 124 cm³/mol. The van der Waals surface area contributed by atoms with Crippen LogP contribution in [0.3, 0.4) is 0 Å². The van der Waals surface area contributed by atoms with Gasteiger partial charge < -0.3 is 5.32 Å². The molecule has 4 rings (SSSR count). The molecule has 160 valence electrons. The molecule has 0 fully saturated rings. The van der Waals surface area contributed by atoms with E-state index in [2.05, 4.69) is 48.5 Å². The Bertz CT molecular complexity index is 1210. The van der Waals surface area contributed by atoms with Gasteiger partial charge in [-0.15, -0.1) is 16.4 Å². The van der Waals surface area contributed by atoms with Gasteiger partial charge in [-0.25, -0.2) is 9.48 Å². The lowest BCUT2D eigenvalue weighted by Crippen LogP contribution is -2.31. The molecule has 0 spiro atoms. The van der Waals surface area contributed by atoms with E-state index >= 15 is 0 Å². The molecule has 1 N–H and O–H groups in total. The second kappa shape index (κ2) is 9.31. The lowest BCUT2D eigenvalue weighted by Gasteiger charge is -2.19. The Morgan fingerprint density at radius 3 is 2.55 bits per heavy atom. The summed E-state index contributed by atoms with van der Waals surface area (Å²) >= 11 is 1.62. The third-order valence-corrected chi connectivity index (χ3v) is 6.56. The van der Waals surface area contributed by atoms with Crippen LogP contribution < -0.4 is 11.0 Å². The van der Waals surface area contributed by atoms with Crippen molar-refractivity contribution in [1.82, 2.24) is 19.5 Å². The molecule has 2 atom stereocenters. The van der Waals surface area contributed by atoms with E-state index in [1.807, 2.05) is 23.6 Å². The first-order valence-corrected chi connectivity index (χ1v) is 11.4. The number of nitrogens with zero attached hydrogens (tertiary/aromatic N) is 3. The van der Waals surface area contributed by atoms with Gasteiger partial charge >= 0.3 is 5.69 Å². The maximum Gasteiger partial charge on any atom is 0.350 e. The zero-order valence-electron chi connectivity index (χ0n) is 17.7.